The average Bonchev–Trinajstić information content (AvgIpc) is 3.39. The smallest absolute Gasteiger partial charge is 0.299 e. The van der Waals surface area contributed by atoms with E-state index in [9.17, 15) is 18.4 Å². The number of aldehydes is 1. The molecule has 1 atom stereocenters. The number of carbonyl (C=O) groups is 2. The fourth-order valence-corrected chi connectivity index (χ4v) is 4.58. The highest BCUT2D eigenvalue weighted by Gasteiger charge is 2.50. The highest BCUT2D eigenvalue weighted by Crippen LogP contribution is 2.51. The molecule has 0 aromatic heterocycles. The SMILES string of the molecule is O=CC1CC2(CN1C(=O)Cc1ccc3c(c1)-c1ccccc1C3(F)F)OCCO2. The van der Waals surface area contributed by atoms with Crippen molar-refractivity contribution in [2.24, 2.45) is 0 Å². The Labute approximate surface area is 166 Å². The zero-order valence-corrected chi connectivity index (χ0v) is 15.6. The lowest BCUT2D eigenvalue weighted by molar-refractivity contribution is -0.152. The molecule has 5 nitrogen and oxygen atoms in total. The molecule has 1 aliphatic carbocycles. The van der Waals surface area contributed by atoms with Crippen LogP contribution in [-0.2, 0) is 31.4 Å². The molecule has 2 heterocycles. The minimum absolute atomic E-state index is 0.0153. The van der Waals surface area contributed by atoms with Crippen LogP contribution in [0.15, 0.2) is 42.5 Å². The van der Waals surface area contributed by atoms with Crippen molar-refractivity contribution in [3.05, 3.63) is 59.2 Å². The molecular formula is C22H19F2NO4. The lowest BCUT2D eigenvalue weighted by atomic mass is 10.0. The number of hydrogen-bond acceptors (Lipinski definition) is 4. The van der Waals surface area contributed by atoms with Gasteiger partial charge in [0.2, 0.25) is 5.91 Å². The van der Waals surface area contributed by atoms with Crippen LogP contribution in [0, 0.1) is 0 Å². The summed E-state index contributed by atoms with van der Waals surface area (Å²) >= 11 is 0. The van der Waals surface area contributed by atoms with E-state index in [1.165, 1.54) is 17.0 Å². The molecule has 0 radical (unpaired) electrons. The summed E-state index contributed by atoms with van der Waals surface area (Å²) in [5.41, 5.74) is 1.49. The van der Waals surface area contributed by atoms with Crippen LogP contribution in [0.25, 0.3) is 11.1 Å². The summed E-state index contributed by atoms with van der Waals surface area (Å²) in [6, 6.07) is 10.4. The first-order chi connectivity index (χ1) is 13.9. The minimum Gasteiger partial charge on any atom is -0.346 e. The van der Waals surface area contributed by atoms with Gasteiger partial charge in [-0.05, 0) is 16.7 Å². The molecule has 1 spiro atoms. The van der Waals surface area contributed by atoms with Crippen LogP contribution in [0.4, 0.5) is 8.78 Å². The van der Waals surface area contributed by atoms with Gasteiger partial charge in [0.1, 0.15) is 6.29 Å². The molecule has 29 heavy (non-hydrogen) atoms. The Kier molecular flexibility index (Phi) is 4.08. The number of hydrogen-bond donors (Lipinski definition) is 0. The number of ether oxygens (including phenoxy) is 2. The Balaban J connectivity index is 1.41. The first-order valence-corrected chi connectivity index (χ1v) is 9.57. The van der Waals surface area contributed by atoms with E-state index < -0.39 is 17.8 Å². The molecule has 2 fully saturated rings. The van der Waals surface area contributed by atoms with Gasteiger partial charge < -0.3 is 19.2 Å². The highest BCUT2D eigenvalue weighted by molar-refractivity contribution is 5.85. The molecule has 2 aliphatic heterocycles. The predicted octanol–water partition coefficient (Wildman–Crippen LogP) is 2.89. The van der Waals surface area contributed by atoms with Crippen LogP contribution in [-0.4, -0.2) is 48.7 Å². The molecule has 0 saturated carbocycles. The largest absolute Gasteiger partial charge is 0.346 e. The van der Waals surface area contributed by atoms with Crippen molar-refractivity contribution in [2.45, 2.75) is 30.6 Å². The molecule has 2 aromatic carbocycles. The molecule has 7 heteroatoms. The van der Waals surface area contributed by atoms with Gasteiger partial charge in [0.25, 0.3) is 5.92 Å². The molecular weight excluding hydrogens is 380 g/mol. The van der Waals surface area contributed by atoms with E-state index in [1.54, 1.807) is 30.3 Å². The van der Waals surface area contributed by atoms with E-state index in [0.717, 1.165) is 6.29 Å². The van der Waals surface area contributed by atoms with Gasteiger partial charge in [0, 0.05) is 17.5 Å². The Hall–Kier alpha value is -2.64. The lowest BCUT2D eigenvalue weighted by Gasteiger charge is -2.23. The summed E-state index contributed by atoms with van der Waals surface area (Å²) < 4.78 is 40.6. The second-order valence-electron chi connectivity index (χ2n) is 7.71. The zero-order valence-electron chi connectivity index (χ0n) is 15.6. The van der Waals surface area contributed by atoms with Gasteiger partial charge in [-0.25, -0.2) is 0 Å². The number of amides is 1. The summed E-state index contributed by atoms with van der Waals surface area (Å²) in [6.07, 6.45) is 1.06. The maximum Gasteiger partial charge on any atom is 0.299 e. The van der Waals surface area contributed by atoms with E-state index >= 15 is 0 Å². The average molecular weight is 399 g/mol. The minimum atomic E-state index is -3.05. The fourth-order valence-electron chi connectivity index (χ4n) is 4.58. The number of fused-ring (bicyclic) bond motifs is 3. The molecule has 1 amide bonds. The molecule has 3 aliphatic rings. The van der Waals surface area contributed by atoms with Gasteiger partial charge in [-0.1, -0.05) is 42.5 Å². The van der Waals surface area contributed by atoms with Crippen LogP contribution in [0.5, 0.6) is 0 Å². The van der Waals surface area contributed by atoms with Gasteiger partial charge >= 0.3 is 0 Å². The molecule has 0 bridgehead atoms. The Morgan fingerprint density at radius 2 is 1.83 bits per heavy atom. The van der Waals surface area contributed by atoms with Gasteiger partial charge in [0.05, 0.1) is 32.2 Å². The summed E-state index contributed by atoms with van der Waals surface area (Å²) in [5, 5.41) is 0. The number of likely N-dealkylation sites (tertiary alicyclic amines) is 1. The molecule has 2 aromatic rings. The van der Waals surface area contributed by atoms with E-state index in [-0.39, 0.29) is 30.0 Å². The maximum absolute atomic E-state index is 14.7. The molecule has 5 rings (SSSR count). The van der Waals surface area contributed by atoms with Crippen LogP contribution < -0.4 is 0 Å². The van der Waals surface area contributed by atoms with Crippen LogP contribution in [0.1, 0.15) is 23.1 Å². The normalized spacial score (nSPS) is 23.2. The Morgan fingerprint density at radius 1 is 1.10 bits per heavy atom. The second-order valence-corrected chi connectivity index (χ2v) is 7.71. The predicted molar refractivity (Wildman–Crippen MR) is 99.4 cm³/mol. The summed E-state index contributed by atoms with van der Waals surface area (Å²) in [5.74, 6) is -4.20. The maximum atomic E-state index is 14.7. The number of nitrogens with zero attached hydrogens (tertiary/aromatic N) is 1. The zero-order chi connectivity index (χ0) is 20.2. The van der Waals surface area contributed by atoms with E-state index in [2.05, 4.69) is 0 Å². The van der Waals surface area contributed by atoms with E-state index in [4.69, 9.17) is 9.47 Å². The van der Waals surface area contributed by atoms with Crippen molar-refractivity contribution in [1.29, 1.82) is 0 Å². The lowest BCUT2D eigenvalue weighted by Crippen LogP contribution is -2.40. The van der Waals surface area contributed by atoms with Crippen LogP contribution in [0.3, 0.4) is 0 Å². The topological polar surface area (TPSA) is 55.8 Å². The van der Waals surface area contributed by atoms with Gasteiger partial charge in [-0.3, -0.25) is 4.79 Å². The molecule has 1 unspecified atom stereocenters. The second kappa shape index (κ2) is 6.43. The van der Waals surface area contributed by atoms with Crippen molar-refractivity contribution in [3.63, 3.8) is 0 Å². The van der Waals surface area contributed by atoms with Crippen molar-refractivity contribution in [1.82, 2.24) is 4.90 Å². The number of benzene rings is 2. The van der Waals surface area contributed by atoms with Crippen molar-refractivity contribution in [3.8, 4) is 11.1 Å². The molecule has 2 saturated heterocycles. The molecule has 0 N–H and O–H groups in total. The summed E-state index contributed by atoms with van der Waals surface area (Å²) in [6.45, 7) is 1.07. The number of carbonyl (C=O) groups excluding carboxylic acids is 2. The highest BCUT2D eigenvalue weighted by atomic mass is 19.3. The fraction of sp³-hybridized carbons (Fsp3) is 0.364. The quantitative estimate of drug-likeness (QED) is 0.745. The first-order valence-electron chi connectivity index (χ1n) is 9.57. The van der Waals surface area contributed by atoms with Gasteiger partial charge in [-0.2, -0.15) is 8.78 Å². The van der Waals surface area contributed by atoms with Crippen molar-refractivity contribution < 1.29 is 27.8 Å². The number of halogens is 2. The third kappa shape index (κ3) is 2.80. The van der Waals surface area contributed by atoms with Crippen LogP contribution >= 0.6 is 0 Å². The number of rotatable bonds is 3. The van der Waals surface area contributed by atoms with Gasteiger partial charge in [-0.15, -0.1) is 0 Å². The first kappa shape index (κ1) is 18.4. The Bertz CT molecular complexity index is 1000. The Morgan fingerprint density at radius 3 is 2.59 bits per heavy atom. The summed E-state index contributed by atoms with van der Waals surface area (Å²) in [4.78, 5) is 25.9. The standard InChI is InChI=1S/C22H19F2NO4/c23-22(24)18-4-2-1-3-16(18)17-9-14(5-6-19(17)22)10-20(27)25-13-21(11-15(25)12-26)28-7-8-29-21/h1-6,9,12,15H,7-8,10-11,13H2. The van der Waals surface area contributed by atoms with Crippen molar-refractivity contribution in [2.75, 3.05) is 19.8 Å². The third-order valence-electron chi connectivity index (χ3n) is 5.96. The number of alkyl halides is 2. The van der Waals surface area contributed by atoms with Crippen LogP contribution in [0.2, 0.25) is 0 Å². The van der Waals surface area contributed by atoms with E-state index in [1.807, 2.05) is 0 Å². The van der Waals surface area contributed by atoms with Crippen molar-refractivity contribution >= 4 is 12.2 Å². The molecule has 150 valence electrons. The third-order valence-corrected chi connectivity index (χ3v) is 5.96. The summed E-state index contributed by atoms with van der Waals surface area (Å²) in [7, 11) is 0. The monoisotopic (exact) mass is 399 g/mol. The van der Waals surface area contributed by atoms with E-state index in [0.29, 0.717) is 36.3 Å². The van der Waals surface area contributed by atoms with Gasteiger partial charge in [0.15, 0.2) is 5.79 Å².